The third-order valence-electron chi connectivity index (χ3n) is 3.78. The second-order valence-electron chi connectivity index (χ2n) is 5.04. The fourth-order valence-electron chi connectivity index (χ4n) is 2.79. The van der Waals surface area contributed by atoms with E-state index in [1.807, 2.05) is 0 Å². The molecular weight excluding hydrogens is 222 g/mol. The molecule has 1 aliphatic carbocycles. The standard InChI is InChI=1S/C13H16F2N2/c14-10-4-1-8(7-11(10)15)13-12(16)5-6-17(13)9-2-3-9/h1,4,7,9,12-13H,2-3,5-6,16H2. The Balaban J connectivity index is 1.91. The fourth-order valence-corrected chi connectivity index (χ4v) is 2.79. The summed E-state index contributed by atoms with van der Waals surface area (Å²) >= 11 is 0. The molecule has 2 N–H and O–H groups in total. The third kappa shape index (κ3) is 1.96. The first kappa shape index (κ1) is 11.1. The van der Waals surface area contributed by atoms with Crippen LogP contribution >= 0.6 is 0 Å². The molecule has 0 radical (unpaired) electrons. The Labute approximate surface area is 99.4 Å². The van der Waals surface area contributed by atoms with E-state index in [4.69, 9.17) is 5.73 Å². The maximum atomic E-state index is 13.3. The molecule has 1 heterocycles. The van der Waals surface area contributed by atoms with E-state index in [2.05, 4.69) is 4.90 Å². The van der Waals surface area contributed by atoms with Gasteiger partial charge in [0.15, 0.2) is 11.6 Å². The van der Waals surface area contributed by atoms with Crippen molar-refractivity contribution in [3.8, 4) is 0 Å². The van der Waals surface area contributed by atoms with Crippen LogP contribution < -0.4 is 5.73 Å². The minimum Gasteiger partial charge on any atom is -0.326 e. The molecule has 1 aliphatic heterocycles. The first-order valence-corrected chi connectivity index (χ1v) is 6.13. The van der Waals surface area contributed by atoms with E-state index in [-0.39, 0.29) is 12.1 Å². The molecule has 2 fully saturated rings. The number of rotatable bonds is 2. The predicted molar refractivity (Wildman–Crippen MR) is 61.4 cm³/mol. The quantitative estimate of drug-likeness (QED) is 0.855. The predicted octanol–water partition coefficient (Wildman–Crippen LogP) is 2.20. The Morgan fingerprint density at radius 3 is 2.53 bits per heavy atom. The molecule has 0 bridgehead atoms. The highest BCUT2D eigenvalue weighted by Gasteiger charge is 2.41. The van der Waals surface area contributed by atoms with Crippen LogP contribution in [0.15, 0.2) is 18.2 Å². The maximum absolute atomic E-state index is 13.3. The highest BCUT2D eigenvalue weighted by molar-refractivity contribution is 5.25. The lowest BCUT2D eigenvalue weighted by Gasteiger charge is -2.27. The zero-order valence-electron chi connectivity index (χ0n) is 9.57. The Morgan fingerprint density at radius 1 is 1.12 bits per heavy atom. The van der Waals surface area contributed by atoms with Crippen molar-refractivity contribution in [3.05, 3.63) is 35.4 Å². The molecule has 0 spiro atoms. The number of likely N-dealkylation sites (tertiary alicyclic amines) is 1. The van der Waals surface area contributed by atoms with Crippen LogP contribution in [0.2, 0.25) is 0 Å². The molecule has 0 aromatic heterocycles. The monoisotopic (exact) mass is 238 g/mol. The summed E-state index contributed by atoms with van der Waals surface area (Å²) in [4.78, 5) is 2.34. The van der Waals surface area contributed by atoms with E-state index >= 15 is 0 Å². The smallest absolute Gasteiger partial charge is 0.159 e. The van der Waals surface area contributed by atoms with E-state index in [0.29, 0.717) is 6.04 Å². The molecule has 0 amide bonds. The third-order valence-corrected chi connectivity index (χ3v) is 3.78. The number of benzene rings is 1. The molecule has 3 rings (SSSR count). The average Bonchev–Trinajstić information content (AvgIpc) is 3.07. The van der Waals surface area contributed by atoms with Gasteiger partial charge in [-0.05, 0) is 37.0 Å². The highest BCUT2D eigenvalue weighted by atomic mass is 19.2. The average molecular weight is 238 g/mol. The summed E-state index contributed by atoms with van der Waals surface area (Å²) in [6.07, 6.45) is 3.33. The van der Waals surface area contributed by atoms with Crippen LogP contribution in [0.1, 0.15) is 30.9 Å². The molecule has 2 unspecified atom stereocenters. The Bertz CT molecular complexity index is 431. The molecule has 2 atom stereocenters. The van der Waals surface area contributed by atoms with Gasteiger partial charge in [0.1, 0.15) is 0 Å². The van der Waals surface area contributed by atoms with E-state index in [9.17, 15) is 8.78 Å². The van der Waals surface area contributed by atoms with E-state index < -0.39 is 11.6 Å². The SMILES string of the molecule is NC1CCN(C2CC2)C1c1ccc(F)c(F)c1. The Kier molecular flexibility index (Phi) is 2.64. The molecule has 2 aliphatic rings. The molecule has 17 heavy (non-hydrogen) atoms. The van der Waals surface area contributed by atoms with Crippen molar-refractivity contribution in [1.82, 2.24) is 4.90 Å². The molecule has 1 saturated carbocycles. The van der Waals surface area contributed by atoms with Gasteiger partial charge in [0.25, 0.3) is 0 Å². The van der Waals surface area contributed by atoms with Gasteiger partial charge in [-0.15, -0.1) is 0 Å². The van der Waals surface area contributed by atoms with Crippen LogP contribution in [0.5, 0.6) is 0 Å². The van der Waals surface area contributed by atoms with Crippen LogP contribution in [-0.4, -0.2) is 23.5 Å². The lowest BCUT2D eigenvalue weighted by atomic mass is 10.0. The molecule has 2 nitrogen and oxygen atoms in total. The van der Waals surface area contributed by atoms with Gasteiger partial charge >= 0.3 is 0 Å². The number of hydrogen-bond donors (Lipinski definition) is 1. The molecule has 1 aromatic rings. The largest absolute Gasteiger partial charge is 0.326 e. The van der Waals surface area contributed by atoms with Crippen molar-refractivity contribution in [2.75, 3.05) is 6.54 Å². The molecule has 4 heteroatoms. The molecular formula is C13H16F2N2. The van der Waals surface area contributed by atoms with Gasteiger partial charge in [0.05, 0.1) is 6.04 Å². The van der Waals surface area contributed by atoms with E-state index in [0.717, 1.165) is 18.5 Å². The van der Waals surface area contributed by atoms with Gasteiger partial charge in [0.2, 0.25) is 0 Å². The van der Waals surface area contributed by atoms with Crippen molar-refractivity contribution < 1.29 is 8.78 Å². The lowest BCUT2D eigenvalue weighted by Crippen LogP contribution is -2.33. The number of nitrogens with two attached hydrogens (primary N) is 1. The zero-order valence-corrected chi connectivity index (χ0v) is 9.57. The summed E-state index contributed by atoms with van der Waals surface area (Å²) in [6.45, 7) is 0.968. The van der Waals surface area contributed by atoms with Crippen molar-refractivity contribution >= 4 is 0 Å². The summed E-state index contributed by atoms with van der Waals surface area (Å²) in [5.74, 6) is -1.57. The molecule has 1 aromatic carbocycles. The van der Waals surface area contributed by atoms with Crippen LogP contribution in [0.3, 0.4) is 0 Å². The zero-order chi connectivity index (χ0) is 12.0. The summed E-state index contributed by atoms with van der Waals surface area (Å²) in [6, 6.07) is 4.82. The fraction of sp³-hybridized carbons (Fsp3) is 0.538. The van der Waals surface area contributed by atoms with Gasteiger partial charge in [-0.25, -0.2) is 8.78 Å². The van der Waals surface area contributed by atoms with Crippen LogP contribution in [0.4, 0.5) is 8.78 Å². The van der Waals surface area contributed by atoms with Crippen LogP contribution in [0, 0.1) is 11.6 Å². The van der Waals surface area contributed by atoms with Gasteiger partial charge < -0.3 is 5.73 Å². The first-order chi connectivity index (χ1) is 8.16. The van der Waals surface area contributed by atoms with Crippen LogP contribution in [-0.2, 0) is 0 Å². The lowest BCUT2D eigenvalue weighted by molar-refractivity contribution is 0.236. The molecule has 92 valence electrons. The molecule has 1 saturated heterocycles. The minimum absolute atomic E-state index is 0.0282. The van der Waals surface area contributed by atoms with Crippen LogP contribution in [0.25, 0.3) is 0 Å². The Morgan fingerprint density at radius 2 is 1.88 bits per heavy atom. The van der Waals surface area contributed by atoms with E-state index in [1.165, 1.54) is 25.0 Å². The van der Waals surface area contributed by atoms with Crippen molar-refractivity contribution in [3.63, 3.8) is 0 Å². The van der Waals surface area contributed by atoms with Gasteiger partial charge in [0, 0.05) is 18.6 Å². The summed E-state index contributed by atoms with van der Waals surface area (Å²) in [5.41, 5.74) is 6.90. The van der Waals surface area contributed by atoms with Crippen molar-refractivity contribution in [2.45, 2.75) is 37.4 Å². The van der Waals surface area contributed by atoms with Gasteiger partial charge in [-0.1, -0.05) is 6.07 Å². The van der Waals surface area contributed by atoms with Gasteiger partial charge in [-0.3, -0.25) is 4.90 Å². The second-order valence-corrected chi connectivity index (χ2v) is 5.04. The summed E-state index contributed by atoms with van der Waals surface area (Å²) in [5, 5.41) is 0. The van der Waals surface area contributed by atoms with Crippen molar-refractivity contribution in [1.29, 1.82) is 0 Å². The number of nitrogens with zero attached hydrogens (tertiary/aromatic N) is 1. The summed E-state index contributed by atoms with van der Waals surface area (Å²) < 4.78 is 26.2. The minimum atomic E-state index is -0.793. The highest BCUT2D eigenvalue weighted by Crippen LogP contribution is 2.40. The summed E-state index contributed by atoms with van der Waals surface area (Å²) in [7, 11) is 0. The Hall–Kier alpha value is -1.00. The number of hydrogen-bond acceptors (Lipinski definition) is 2. The van der Waals surface area contributed by atoms with Crippen molar-refractivity contribution in [2.24, 2.45) is 5.73 Å². The second kappa shape index (κ2) is 4.03. The maximum Gasteiger partial charge on any atom is 0.159 e. The first-order valence-electron chi connectivity index (χ1n) is 6.13. The van der Waals surface area contributed by atoms with E-state index in [1.54, 1.807) is 6.07 Å². The normalized spacial score (nSPS) is 29.8. The number of halogens is 2. The topological polar surface area (TPSA) is 29.3 Å². The van der Waals surface area contributed by atoms with Gasteiger partial charge in [-0.2, -0.15) is 0 Å².